The molecule has 4 aromatic rings. The van der Waals surface area contributed by atoms with E-state index in [0.717, 1.165) is 25.0 Å². The second-order valence-electron chi connectivity index (χ2n) is 10.2. The third-order valence-corrected chi connectivity index (χ3v) is 7.54. The van der Waals surface area contributed by atoms with Gasteiger partial charge in [0.1, 0.15) is 5.82 Å². The monoisotopic (exact) mass is 566 g/mol. The third kappa shape index (κ3) is 4.66. The standard InChI is InChI=1S/C27H22F4N8O2/c28-18-4-7-20(21(12-18)27(29,30)31)24(41)36-11-9-26(15-36,8-10-32)38-14-17(13-33-38)22-2-1-3-23-34-25(35-39(22)23)37(16-40)19-5-6-19/h1-4,7,12-14,16,19H,5-6,8-9,11,15H2. The van der Waals surface area contributed by atoms with Crippen LogP contribution in [-0.2, 0) is 16.5 Å². The quantitative estimate of drug-likeness (QED) is 0.247. The number of carbonyl (C=O) groups is 2. The predicted molar refractivity (Wildman–Crippen MR) is 136 cm³/mol. The molecule has 2 amide bonds. The van der Waals surface area contributed by atoms with Crippen molar-refractivity contribution in [3.8, 4) is 17.3 Å². The first-order chi connectivity index (χ1) is 19.6. The van der Waals surface area contributed by atoms with Gasteiger partial charge in [0.25, 0.3) is 11.9 Å². The molecule has 0 spiro atoms. The molecule has 6 rings (SSSR count). The predicted octanol–water partition coefficient (Wildman–Crippen LogP) is 4.03. The Balaban J connectivity index is 1.31. The maximum Gasteiger partial charge on any atom is 0.417 e. The Bertz CT molecular complexity index is 1700. The number of anilines is 1. The molecule has 2 aliphatic rings. The molecule has 0 N–H and O–H groups in total. The Morgan fingerprint density at radius 2 is 2.05 bits per heavy atom. The molecule has 1 saturated carbocycles. The van der Waals surface area contributed by atoms with E-state index in [1.807, 2.05) is 0 Å². The average molecular weight is 567 g/mol. The molecule has 1 saturated heterocycles. The normalized spacial score (nSPS) is 19.0. The van der Waals surface area contributed by atoms with Crippen molar-refractivity contribution in [1.29, 1.82) is 5.26 Å². The number of nitrogens with zero attached hydrogens (tertiary/aromatic N) is 8. The van der Waals surface area contributed by atoms with Gasteiger partial charge in [-0.25, -0.2) is 8.91 Å². The highest BCUT2D eigenvalue weighted by molar-refractivity contribution is 5.96. The fourth-order valence-corrected chi connectivity index (χ4v) is 5.28. The maximum atomic E-state index is 13.6. The molecular weight excluding hydrogens is 544 g/mol. The van der Waals surface area contributed by atoms with Gasteiger partial charge in [0.05, 0.1) is 41.0 Å². The van der Waals surface area contributed by atoms with Crippen molar-refractivity contribution in [2.75, 3.05) is 18.0 Å². The number of hydrogen-bond donors (Lipinski definition) is 0. The van der Waals surface area contributed by atoms with Crippen molar-refractivity contribution in [2.24, 2.45) is 0 Å². The number of nitriles is 1. The van der Waals surface area contributed by atoms with E-state index in [2.05, 4.69) is 21.3 Å². The fraction of sp³-hybridized carbons (Fsp3) is 0.333. The van der Waals surface area contributed by atoms with Crippen LogP contribution >= 0.6 is 0 Å². The minimum Gasteiger partial charge on any atom is -0.336 e. The minimum atomic E-state index is -4.92. The van der Waals surface area contributed by atoms with E-state index in [1.165, 1.54) is 9.80 Å². The summed E-state index contributed by atoms with van der Waals surface area (Å²) < 4.78 is 57.5. The van der Waals surface area contributed by atoms with Crippen molar-refractivity contribution in [3.05, 3.63) is 65.7 Å². The number of pyridine rings is 1. The van der Waals surface area contributed by atoms with Gasteiger partial charge in [0.2, 0.25) is 6.41 Å². The van der Waals surface area contributed by atoms with Gasteiger partial charge in [-0.3, -0.25) is 19.2 Å². The van der Waals surface area contributed by atoms with Crippen LogP contribution in [0, 0.1) is 17.1 Å². The summed E-state index contributed by atoms with van der Waals surface area (Å²) in [5.74, 6) is -1.72. The van der Waals surface area contributed by atoms with Gasteiger partial charge < -0.3 is 4.90 Å². The van der Waals surface area contributed by atoms with Crippen LogP contribution < -0.4 is 4.90 Å². The molecule has 41 heavy (non-hydrogen) atoms. The van der Waals surface area contributed by atoms with E-state index in [9.17, 15) is 32.4 Å². The zero-order valence-corrected chi connectivity index (χ0v) is 21.4. The van der Waals surface area contributed by atoms with E-state index < -0.39 is 34.6 Å². The fourth-order valence-electron chi connectivity index (χ4n) is 5.28. The highest BCUT2D eigenvalue weighted by Gasteiger charge is 2.44. The maximum absolute atomic E-state index is 13.6. The summed E-state index contributed by atoms with van der Waals surface area (Å²) >= 11 is 0. The molecule has 4 heterocycles. The van der Waals surface area contributed by atoms with Gasteiger partial charge in [-0.15, -0.1) is 5.10 Å². The lowest BCUT2D eigenvalue weighted by atomic mass is 9.95. The molecule has 1 unspecified atom stereocenters. The van der Waals surface area contributed by atoms with Crippen LogP contribution in [0.2, 0.25) is 0 Å². The third-order valence-electron chi connectivity index (χ3n) is 7.54. The van der Waals surface area contributed by atoms with Crippen molar-refractivity contribution in [2.45, 2.75) is 43.4 Å². The van der Waals surface area contributed by atoms with Gasteiger partial charge in [-0.2, -0.15) is 28.5 Å². The van der Waals surface area contributed by atoms with E-state index in [0.29, 0.717) is 29.4 Å². The average Bonchev–Trinajstić information content (AvgIpc) is 3.32. The lowest BCUT2D eigenvalue weighted by molar-refractivity contribution is -0.138. The number of hydrogen-bond acceptors (Lipinski definition) is 6. The van der Waals surface area contributed by atoms with Gasteiger partial charge in [-0.1, -0.05) is 6.07 Å². The van der Waals surface area contributed by atoms with Gasteiger partial charge in [0.15, 0.2) is 5.65 Å². The summed E-state index contributed by atoms with van der Waals surface area (Å²) in [7, 11) is 0. The molecule has 0 bridgehead atoms. The number of fused-ring (bicyclic) bond motifs is 1. The Morgan fingerprint density at radius 3 is 2.76 bits per heavy atom. The molecule has 1 aliphatic heterocycles. The largest absolute Gasteiger partial charge is 0.417 e. The number of rotatable bonds is 7. The minimum absolute atomic E-state index is 0.0548. The molecular formula is C27H22F4N8O2. The first kappa shape index (κ1) is 26.4. The van der Waals surface area contributed by atoms with Crippen molar-refractivity contribution in [3.63, 3.8) is 0 Å². The lowest BCUT2D eigenvalue weighted by Crippen LogP contribution is -2.39. The summed E-state index contributed by atoms with van der Waals surface area (Å²) in [5, 5.41) is 18.6. The van der Waals surface area contributed by atoms with E-state index in [4.69, 9.17) is 0 Å². The first-order valence-corrected chi connectivity index (χ1v) is 12.8. The number of alkyl halides is 3. The van der Waals surface area contributed by atoms with Crippen LogP contribution in [0.3, 0.4) is 0 Å². The topological polar surface area (TPSA) is 112 Å². The molecule has 0 radical (unpaired) electrons. The van der Waals surface area contributed by atoms with Gasteiger partial charge in [0, 0.05) is 30.9 Å². The molecule has 2 fully saturated rings. The Morgan fingerprint density at radius 1 is 1.24 bits per heavy atom. The van der Waals surface area contributed by atoms with Crippen molar-refractivity contribution < 1.29 is 27.2 Å². The van der Waals surface area contributed by atoms with Crippen LogP contribution in [0.15, 0.2) is 48.8 Å². The van der Waals surface area contributed by atoms with Crippen molar-refractivity contribution >= 4 is 23.9 Å². The van der Waals surface area contributed by atoms with Crippen LogP contribution in [0.4, 0.5) is 23.5 Å². The second kappa shape index (κ2) is 9.69. The zero-order chi connectivity index (χ0) is 28.9. The highest BCUT2D eigenvalue weighted by Crippen LogP contribution is 2.37. The molecule has 1 atom stereocenters. The Labute approximate surface area is 230 Å². The van der Waals surface area contributed by atoms with Crippen molar-refractivity contribution in [1.82, 2.24) is 29.3 Å². The summed E-state index contributed by atoms with van der Waals surface area (Å²) in [6.45, 7) is 0.0115. The molecule has 1 aromatic carbocycles. The SMILES string of the molecule is N#CCC1(n2cc(-c3cccc4nc(N(C=O)C5CC5)nn34)cn2)CCN(C(=O)c2ccc(F)cc2C(F)(F)F)C1. The number of carbonyl (C=O) groups excluding carboxylic acids is 2. The Hall–Kier alpha value is -4.80. The second-order valence-corrected chi connectivity index (χ2v) is 10.2. The smallest absolute Gasteiger partial charge is 0.336 e. The number of aromatic nitrogens is 5. The van der Waals surface area contributed by atoms with E-state index in [-0.39, 0.29) is 37.9 Å². The number of amides is 2. The number of halogens is 4. The van der Waals surface area contributed by atoms with Gasteiger partial charge in [-0.05, 0) is 49.6 Å². The number of likely N-dealkylation sites (tertiary alicyclic amines) is 1. The van der Waals surface area contributed by atoms with Crippen LogP contribution in [0.1, 0.15) is 41.6 Å². The molecule has 210 valence electrons. The first-order valence-electron chi connectivity index (χ1n) is 12.8. The number of benzene rings is 1. The Kier molecular flexibility index (Phi) is 6.24. The summed E-state index contributed by atoms with van der Waals surface area (Å²) in [6, 6.07) is 9.48. The summed E-state index contributed by atoms with van der Waals surface area (Å²) in [4.78, 5) is 32.0. The molecule has 3 aromatic heterocycles. The molecule has 1 aliphatic carbocycles. The van der Waals surface area contributed by atoms with Crippen LogP contribution in [0.25, 0.3) is 16.9 Å². The van der Waals surface area contributed by atoms with Gasteiger partial charge >= 0.3 is 6.18 Å². The van der Waals surface area contributed by atoms with Crippen LogP contribution in [-0.4, -0.2) is 60.7 Å². The molecule has 10 nitrogen and oxygen atoms in total. The zero-order valence-electron chi connectivity index (χ0n) is 21.4. The van der Waals surface area contributed by atoms with E-state index >= 15 is 0 Å². The van der Waals surface area contributed by atoms with Crippen LogP contribution in [0.5, 0.6) is 0 Å². The summed E-state index contributed by atoms with van der Waals surface area (Å²) in [6.07, 6.45) is 1.03. The highest BCUT2D eigenvalue weighted by atomic mass is 19.4. The lowest BCUT2D eigenvalue weighted by Gasteiger charge is -2.28. The summed E-state index contributed by atoms with van der Waals surface area (Å²) in [5.41, 5.74) is -1.25. The molecule has 14 heteroatoms. The van der Waals surface area contributed by atoms with E-state index in [1.54, 1.807) is 39.8 Å².